The molecule has 0 radical (unpaired) electrons. The topological polar surface area (TPSA) is 119 Å². The molecule has 3 aromatic rings. The van der Waals surface area contributed by atoms with Gasteiger partial charge in [0.2, 0.25) is 5.91 Å². The number of rotatable bonds is 4. The van der Waals surface area contributed by atoms with Crippen molar-refractivity contribution >= 4 is 67.5 Å². The summed E-state index contributed by atoms with van der Waals surface area (Å²) >= 11 is 4.44. The van der Waals surface area contributed by atoms with Crippen molar-refractivity contribution in [2.24, 2.45) is 0 Å². The number of thiophene rings is 1. The largest absolute Gasteiger partial charge is 0.326 e. The third-order valence-corrected chi connectivity index (χ3v) is 6.59. The smallest absolute Gasteiger partial charge is 0.325 e. The Bertz CT molecular complexity index is 1170. The van der Waals surface area contributed by atoms with E-state index in [9.17, 15) is 19.6 Å². The van der Waals surface area contributed by atoms with Crippen LogP contribution in [0.3, 0.4) is 0 Å². The number of halogens is 1. The normalized spacial score (nSPS) is 10.7. The molecule has 0 aliphatic heterocycles. The minimum atomic E-state index is -0.666. The SMILES string of the molecule is Cc1cc(I)ccc1NC(=O)CSc1sc2c(=O)[nH]c(=O)[nH]c2c1C#N. The number of anilines is 1. The third kappa shape index (κ3) is 3.84. The van der Waals surface area contributed by atoms with E-state index < -0.39 is 11.2 Å². The molecule has 1 aromatic carbocycles. The summed E-state index contributed by atoms with van der Waals surface area (Å²) in [5.74, 6) is -0.141. The highest BCUT2D eigenvalue weighted by Crippen LogP contribution is 2.34. The summed E-state index contributed by atoms with van der Waals surface area (Å²) in [6.07, 6.45) is 0. The lowest BCUT2D eigenvalue weighted by atomic mass is 10.2. The molecular weight excluding hydrogens is 487 g/mol. The van der Waals surface area contributed by atoms with E-state index in [1.165, 1.54) is 0 Å². The lowest BCUT2D eigenvalue weighted by Crippen LogP contribution is -2.20. The second-order valence-corrected chi connectivity index (χ2v) is 8.80. The average molecular weight is 498 g/mol. The van der Waals surface area contributed by atoms with Crippen molar-refractivity contribution < 1.29 is 4.79 Å². The van der Waals surface area contributed by atoms with Crippen LogP contribution in [0.1, 0.15) is 11.1 Å². The van der Waals surface area contributed by atoms with Gasteiger partial charge < -0.3 is 10.3 Å². The van der Waals surface area contributed by atoms with Gasteiger partial charge in [-0.15, -0.1) is 23.1 Å². The van der Waals surface area contributed by atoms with Crippen molar-refractivity contribution in [3.05, 3.63) is 53.7 Å². The van der Waals surface area contributed by atoms with Gasteiger partial charge in [0.15, 0.2) is 0 Å². The Morgan fingerprint density at radius 1 is 1.38 bits per heavy atom. The van der Waals surface area contributed by atoms with E-state index >= 15 is 0 Å². The number of hydrogen-bond donors (Lipinski definition) is 3. The molecule has 132 valence electrons. The minimum absolute atomic E-state index is 0.0784. The predicted molar refractivity (Wildman–Crippen MR) is 111 cm³/mol. The number of amides is 1. The average Bonchev–Trinajstić information content (AvgIpc) is 2.93. The predicted octanol–water partition coefficient (Wildman–Crippen LogP) is 2.79. The molecule has 0 aliphatic carbocycles. The van der Waals surface area contributed by atoms with E-state index in [0.29, 0.717) is 4.21 Å². The van der Waals surface area contributed by atoms with Crippen LogP contribution in [-0.4, -0.2) is 21.6 Å². The van der Waals surface area contributed by atoms with E-state index in [2.05, 4.69) is 37.9 Å². The molecule has 10 heteroatoms. The molecule has 0 spiro atoms. The number of aromatic amines is 2. The van der Waals surface area contributed by atoms with Crippen molar-refractivity contribution in [3.63, 3.8) is 0 Å². The monoisotopic (exact) mass is 498 g/mol. The Hall–Kier alpha value is -2.10. The number of aryl methyl sites for hydroxylation is 1. The number of nitriles is 1. The molecule has 0 saturated carbocycles. The highest BCUT2D eigenvalue weighted by atomic mass is 127. The number of carbonyl (C=O) groups excluding carboxylic acids is 1. The molecule has 0 bridgehead atoms. The van der Waals surface area contributed by atoms with E-state index in [1.807, 2.05) is 31.2 Å². The molecule has 3 rings (SSSR count). The van der Waals surface area contributed by atoms with Crippen LogP contribution in [0.5, 0.6) is 0 Å². The first-order valence-electron chi connectivity index (χ1n) is 7.27. The highest BCUT2D eigenvalue weighted by Gasteiger charge is 2.17. The quantitative estimate of drug-likeness (QED) is 0.378. The number of fused-ring (bicyclic) bond motifs is 1. The van der Waals surface area contributed by atoms with Crippen LogP contribution in [0.4, 0.5) is 5.69 Å². The Balaban J connectivity index is 1.80. The van der Waals surface area contributed by atoms with Gasteiger partial charge in [-0.25, -0.2) is 4.79 Å². The molecule has 2 heterocycles. The fourth-order valence-corrected chi connectivity index (χ4v) is 5.05. The summed E-state index contributed by atoms with van der Waals surface area (Å²) in [4.78, 5) is 40.1. The van der Waals surface area contributed by atoms with E-state index in [1.54, 1.807) is 0 Å². The van der Waals surface area contributed by atoms with Crippen LogP contribution in [-0.2, 0) is 4.79 Å². The van der Waals surface area contributed by atoms with Crippen LogP contribution in [0, 0.1) is 21.8 Å². The third-order valence-electron chi connectivity index (χ3n) is 3.46. The van der Waals surface area contributed by atoms with Gasteiger partial charge >= 0.3 is 5.69 Å². The van der Waals surface area contributed by atoms with Gasteiger partial charge in [-0.05, 0) is 53.3 Å². The fraction of sp³-hybridized carbons (Fsp3) is 0.125. The first-order valence-corrected chi connectivity index (χ1v) is 10.1. The van der Waals surface area contributed by atoms with Gasteiger partial charge in [0.1, 0.15) is 16.3 Å². The zero-order valence-corrected chi connectivity index (χ0v) is 17.1. The summed E-state index contributed by atoms with van der Waals surface area (Å²) in [7, 11) is 0. The molecule has 0 atom stereocenters. The molecule has 0 unspecified atom stereocenters. The van der Waals surface area contributed by atoms with Crippen molar-refractivity contribution in [1.82, 2.24) is 9.97 Å². The zero-order valence-electron chi connectivity index (χ0n) is 13.3. The van der Waals surface area contributed by atoms with Crippen LogP contribution in [0.25, 0.3) is 10.2 Å². The van der Waals surface area contributed by atoms with Crippen molar-refractivity contribution in [1.29, 1.82) is 5.26 Å². The maximum absolute atomic E-state index is 12.2. The van der Waals surface area contributed by atoms with E-state index in [-0.39, 0.29) is 27.4 Å². The number of aromatic nitrogens is 2. The van der Waals surface area contributed by atoms with Crippen LogP contribution >= 0.6 is 45.7 Å². The Labute approximate surface area is 169 Å². The first-order chi connectivity index (χ1) is 12.4. The van der Waals surface area contributed by atoms with Gasteiger partial charge in [-0.1, -0.05) is 0 Å². The number of nitrogens with zero attached hydrogens (tertiary/aromatic N) is 1. The van der Waals surface area contributed by atoms with Crippen LogP contribution < -0.4 is 16.6 Å². The van der Waals surface area contributed by atoms with Gasteiger partial charge in [-0.2, -0.15) is 5.26 Å². The van der Waals surface area contributed by atoms with Gasteiger partial charge in [0.25, 0.3) is 5.56 Å². The van der Waals surface area contributed by atoms with Crippen LogP contribution in [0.2, 0.25) is 0 Å². The Morgan fingerprint density at radius 3 is 2.85 bits per heavy atom. The molecule has 26 heavy (non-hydrogen) atoms. The van der Waals surface area contributed by atoms with Crippen molar-refractivity contribution in [2.45, 2.75) is 11.1 Å². The van der Waals surface area contributed by atoms with Gasteiger partial charge in [-0.3, -0.25) is 14.6 Å². The van der Waals surface area contributed by atoms with E-state index in [4.69, 9.17) is 0 Å². The molecule has 0 aliphatic rings. The molecule has 2 aromatic heterocycles. The van der Waals surface area contributed by atoms with E-state index in [0.717, 1.165) is 37.9 Å². The second-order valence-electron chi connectivity index (χ2n) is 5.28. The minimum Gasteiger partial charge on any atom is -0.325 e. The lowest BCUT2D eigenvalue weighted by Gasteiger charge is -2.08. The fourth-order valence-electron chi connectivity index (χ4n) is 2.28. The summed E-state index contributed by atoms with van der Waals surface area (Å²) in [5.41, 5.74) is 0.892. The molecule has 3 N–H and O–H groups in total. The standard InChI is InChI=1S/C16H11IN4O3S2/c1-7-4-8(17)2-3-10(7)19-11(22)6-25-15-9(5-18)12-13(26-15)14(23)21-16(24)20-12/h2-4H,6H2,1H3,(H,19,22)(H2,20,21,23,24). The van der Waals surface area contributed by atoms with Crippen molar-refractivity contribution in [3.8, 4) is 6.07 Å². The maximum Gasteiger partial charge on any atom is 0.326 e. The van der Waals surface area contributed by atoms with Crippen molar-refractivity contribution in [2.75, 3.05) is 11.1 Å². The Kier molecular flexibility index (Phi) is 5.49. The first kappa shape index (κ1) is 18.7. The summed E-state index contributed by atoms with van der Waals surface area (Å²) < 4.78 is 1.86. The molecule has 1 amide bonds. The number of nitrogens with one attached hydrogen (secondary N) is 3. The molecule has 0 fully saturated rings. The van der Waals surface area contributed by atoms with Gasteiger partial charge in [0, 0.05) is 9.26 Å². The lowest BCUT2D eigenvalue weighted by molar-refractivity contribution is -0.113. The zero-order chi connectivity index (χ0) is 18.8. The summed E-state index contributed by atoms with van der Waals surface area (Å²) in [5, 5.41) is 12.2. The Morgan fingerprint density at radius 2 is 2.15 bits per heavy atom. The summed E-state index contributed by atoms with van der Waals surface area (Å²) in [6, 6.07) is 7.70. The highest BCUT2D eigenvalue weighted by molar-refractivity contribution is 14.1. The number of H-pyrrole nitrogens is 2. The molecule has 0 saturated heterocycles. The number of benzene rings is 1. The van der Waals surface area contributed by atoms with Gasteiger partial charge in [0.05, 0.1) is 15.5 Å². The number of carbonyl (C=O) groups is 1. The molecule has 7 nitrogen and oxygen atoms in total. The maximum atomic E-state index is 12.2. The number of hydrogen-bond acceptors (Lipinski definition) is 6. The van der Waals surface area contributed by atoms with Crippen LogP contribution in [0.15, 0.2) is 32.0 Å². The second kappa shape index (κ2) is 7.65. The summed E-state index contributed by atoms with van der Waals surface area (Å²) in [6.45, 7) is 1.91. The number of thioether (sulfide) groups is 1. The molecular formula is C16H11IN4O3S2.